The average Bonchev–Trinajstić information content (AvgIpc) is 3.14. The smallest absolute Gasteiger partial charge is 0.253 e. The van der Waals surface area contributed by atoms with Gasteiger partial charge in [0.15, 0.2) is 0 Å². The lowest BCUT2D eigenvalue weighted by Crippen LogP contribution is -2.29. The topological polar surface area (TPSA) is 69.7 Å². The first-order valence-electron chi connectivity index (χ1n) is 10.3. The highest BCUT2D eigenvalue weighted by Gasteiger charge is 2.36. The van der Waals surface area contributed by atoms with Crippen molar-refractivity contribution in [1.82, 2.24) is 4.90 Å². The molecule has 1 heterocycles. The van der Waals surface area contributed by atoms with E-state index >= 15 is 0 Å². The maximum absolute atomic E-state index is 12.8. The fourth-order valence-electron chi connectivity index (χ4n) is 3.68. The van der Waals surface area contributed by atoms with Crippen molar-refractivity contribution in [2.75, 3.05) is 30.9 Å². The zero-order chi connectivity index (χ0) is 21.8. The summed E-state index contributed by atoms with van der Waals surface area (Å²) in [7, 11) is 3.39. The number of benzene rings is 2. The molecule has 3 amide bonds. The van der Waals surface area contributed by atoms with Gasteiger partial charge in [0, 0.05) is 44.0 Å². The largest absolute Gasteiger partial charge is 0.345 e. The SMILES string of the molecule is CCC(C)c1ccccc1N1CC(C(=O)Nc2ccc(C(=O)N(C)C)cc2)CC1=O. The third-order valence-corrected chi connectivity index (χ3v) is 5.67. The third-order valence-electron chi connectivity index (χ3n) is 5.67. The Balaban J connectivity index is 1.70. The zero-order valence-electron chi connectivity index (χ0n) is 18.0. The van der Waals surface area contributed by atoms with Crippen LogP contribution in [0, 0.1) is 5.92 Å². The molecule has 1 aliphatic rings. The molecule has 158 valence electrons. The van der Waals surface area contributed by atoms with Gasteiger partial charge in [0.05, 0.1) is 5.92 Å². The van der Waals surface area contributed by atoms with Gasteiger partial charge in [-0.3, -0.25) is 14.4 Å². The van der Waals surface area contributed by atoms with Crippen molar-refractivity contribution in [2.45, 2.75) is 32.6 Å². The molecule has 3 rings (SSSR count). The molecule has 6 heteroatoms. The molecule has 2 unspecified atom stereocenters. The third kappa shape index (κ3) is 4.53. The lowest BCUT2D eigenvalue weighted by molar-refractivity contribution is -0.122. The highest BCUT2D eigenvalue weighted by Crippen LogP contribution is 2.33. The number of carbonyl (C=O) groups is 3. The normalized spacial score (nSPS) is 17.0. The summed E-state index contributed by atoms with van der Waals surface area (Å²) in [5.41, 5.74) is 3.21. The van der Waals surface area contributed by atoms with Gasteiger partial charge in [-0.05, 0) is 48.2 Å². The van der Waals surface area contributed by atoms with E-state index in [2.05, 4.69) is 25.2 Å². The van der Waals surface area contributed by atoms with Crippen LogP contribution in [0.2, 0.25) is 0 Å². The van der Waals surface area contributed by atoms with Crippen molar-refractivity contribution in [3.05, 3.63) is 59.7 Å². The second-order valence-corrected chi connectivity index (χ2v) is 8.04. The fraction of sp³-hybridized carbons (Fsp3) is 0.375. The Hall–Kier alpha value is -3.15. The van der Waals surface area contributed by atoms with Crippen LogP contribution in [0.25, 0.3) is 0 Å². The monoisotopic (exact) mass is 407 g/mol. The van der Waals surface area contributed by atoms with Gasteiger partial charge in [-0.1, -0.05) is 32.0 Å². The lowest BCUT2D eigenvalue weighted by Gasteiger charge is -2.23. The predicted octanol–water partition coefficient (Wildman–Crippen LogP) is 3.89. The van der Waals surface area contributed by atoms with Gasteiger partial charge in [0.1, 0.15) is 0 Å². The molecule has 0 saturated carbocycles. The Labute approximate surface area is 177 Å². The van der Waals surface area contributed by atoms with Gasteiger partial charge in [-0.25, -0.2) is 0 Å². The minimum absolute atomic E-state index is 0.0298. The quantitative estimate of drug-likeness (QED) is 0.790. The van der Waals surface area contributed by atoms with Crippen LogP contribution < -0.4 is 10.2 Å². The first kappa shape index (κ1) is 21.6. The summed E-state index contributed by atoms with van der Waals surface area (Å²) in [5, 5.41) is 2.88. The van der Waals surface area contributed by atoms with E-state index in [9.17, 15) is 14.4 Å². The number of hydrogen-bond acceptors (Lipinski definition) is 3. The molecule has 2 aromatic carbocycles. The van der Waals surface area contributed by atoms with E-state index < -0.39 is 5.92 Å². The molecule has 1 fully saturated rings. The highest BCUT2D eigenvalue weighted by molar-refractivity contribution is 6.04. The van der Waals surface area contributed by atoms with Crippen LogP contribution in [-0.4, -0.2) is 43.3 Å². The van der Waals surface area contributed by atoms with Crippen LogP contribution in [0.3, 0.4) is 0 Å². The Morgan fingerprint density at radius 2 is 1.80 bits per heavy atom. The molecule has 30 heavy (non-hydrogen) atoms. The van der Waals surface area contributed by atoms with Crippen molar-refractivity contribution in [2.24, 2.45) is 5.92 Å². The number of rotatable bonds is 6. The molecule has 0 bridgehead atoms. The molecule has 6 nitrogen and oxygen atoms in total. The Morgan fingerprint density at radius 3 is 2.43 bits per heavy atom. The number of hydrogen-bond donors (Lipinski definition) is 1. The van der Waals surface area contributed by atoms with E-state index in [4.69, 9.17) is 0 Å². The first-order chi connectivity index (χ1) is 14.3. The van der Waals surface area contributed by atoms with Crippen LogP contribution in [-0.2, 0) is 9.59 Å². The van der Waals surface area contributed by atoms with Crippen LogP contribution in [0.5, 0.6) is 0 Å². The zero-order valence-corrected chi connectivity index (χ0v) is 18.0. The molecule has 2 atom stereocenters. The standard InChI is InChI=1S/C24H29N3O3/c1-5-16(2)20-8-6-7-9-21(20)27-15-18(14-22(27)28)23(29)25-19-12-10-17(11-13-19)24(30)26(3)4/h6-13,16,18H,5,14-15H2,1-4H3,(H,25,29). The Bertz CT molecular complexity index is 937. The predicted molar refractivity (Wildman–Crippen MR) is 119 cm³/mol. The van der Waals surface area contributed by atoms with E-state index in [0.717, 1.165) is 17.7 Å². The lowest BCUT2D eigenvalue weighted by atomic mass is 9.96. The summed E-state index contributed by atoms with van der Waals surface area (Å²) >= 11 is 0. The molecular formula is C24H29N3O3. The Morgan fingerprint density at radius 1 is 1.13 bits per heavy atom. The van der Waals surface area contributed by atoms with Gasteiger partial charge in [0.25, 0.3) is 5.91 Å². The summed E-state index contributed by atoms with van der Waals surface area (Å²) in [5.74, 6) is -0.378. The van der Waals surface area contributed by atoms with E-state index in [1.165, 1.54) is 4.90 Å². The second kappa shape index (κ2) is 9.11. The van der Waals surface area contributed by atoms with Crippen molar-refractivity contribution in [3.8, 4) is 0 Å². The fourth-order valence-corrected chi connectivity index (χ4v) is 3.68. The molecule has 0 aliphatic carbocycles. The van der Waals surface area contributed by atoms with Crippen molar-refractivity contribution >= 4 is 29.1 Å². The summed E-state index contributed by atoms with van der Waals surface area (Å²) in [4.78, 5) is 40.7. The second-order valence-electron chi connectivity index (χ2n) is 8.04. The summed E-state index contributed by atoms with van der Waals surface area (Å²) in [6.07, 6.45) is 1.17. The number of nitrogens with zero attached hydrogens (tertiary/aromatic N) is 2. The van der Waals surface area contributed by atoms with Gasteiger partial charge >= 0.3 is 0 Å². The van der Waals surface area contributed by atoms with Gasteiger partial charge < -0.3 is 15.1 Å². The molecular weight excluding hydrogens is 378 g/mol. The minimum Gasteiger partial charge on any atom is -0.345 e. The number of nitrogens with one attached hydrogen (secondary N) is 1. The van der Waals surface area contributed by atoms with Crippen LogP contribution in [0.15, 0.2) is 48.5 Å². The molecule has 0 aromatic heterocycles. The summed E-state index contributed by atoms with van der Waals surface area (Å²) in [6, 6.07) is 14.7. The maximum Gasteiger partial charge on any atom is 0.253 e. The number of para-hydroxylation sites is 1. The molecule has 0 radical (unpaired) electrons. The molecule has 1 aliphatic heterocycles. The van der Waals surface area contributed by atoms with Crippen LogP contribution >= 0.6 is 0 Å². The summed E-state index contributed by atoms with van der Waals surface area (Å²) in [6.45, 7) is 4.64. The van der Waals surface area contributed by atoms with E-state index in [1.807, 2.05) is 18.2 Å². The number of amides is 3. The van der Waals surface area contributed by atoms with Crippen molar-refractivity contribution < 1.29 is 14.4 Å². The van der Waals surface area contributed by atoms with E-state index in [-0.39, 0.29) is 24.1 Å². The maximum atomic E-state index is 12.8. The van der Waals surface area contributed by atoms with Crippen LogP contribution in [0.4, 0.5) is 11.4 Å². The van der Waals surface area contributed by atoms with Gasteiger partial charge in [0.2, 0.25) is 11.8 Å². The van der Waals surface area contributed by atoms with Gasteiger partial charge in [-0.15, -0.1) is 0 Å². The van der Waals surface area contributed by atoms with Crippen molar-refractivity contribution in [3.63, 3.8) is 0 Å². The Kier molecular flexibility index (Phi) is 6.55. The van der Waals surface area contributed by atoms with E-state index in [1.54, 1.807) is 43.3 Å². The molecule has 0 spiro atoms. The van der Waals surface area contributed by atoms with E-state index in [0.29, 0.717) is 23.7 Å². The van der Waals surface area contributed by atoms with Gasteiger partial charge in [-0.2, -0.15) is 0 Å². The molecule has 1 N–H and O–H groups in total. The number of anilines is 2. The number of carbonyl (C=O) groups excluding carboxylic acids is 3. The minimum atomic E-state index is -0.412. The summed E-state index contributed by atoms with van der Waals surface area (Å²) < 4.78 is 0. The first-order valence-corrected chi connectivity index (χ1v) is 10.3. The molecule has 2 aromatic rings. The van der Waals surface area contributed by atoms with Crippen molar-refractivity contribution in [1.29, 1.82) is 0 Å². The highest BCUT2D eigenvalue weighted by atomic mass is 16.2. The average molecular weight is 408 g/mol. The molecule has 1 saturated heterocycles. The van der Waals surface area contributed by atoms with Crippen LogP contribution in [0.1, 0.15) is 48.5 Å².